The van der Waals surface area contributed by atoms with Crippen molar-refractivity contribution < 1.29 is 4.79 Å². The van der Waals surface area contributed by atoms with E-state index in [0.717, 1.165) is 18.7 Å². The average molecular weight is 255 g/mol. The van der Waals surface area contributed by atoms with Crippen LogP contribution in [0.25, 0.3) is 0 Å². The van der Waals surface area contributed by atoms with E-state index >= 15 is 0 Å². The molecule has 1 atom stereocenters. The monoisotopic (exact) mass is 254 g/mol. The molecule has 1 aliphatic heterocycles. The summed E-state index contributed by atoms with van der Waals surface area (Å²) in [5.41, 5.74) is 6.14. The molecule has 17 heavy (non-hydrogen) atoms. The summed E-state index contributed by atoms with van der Waals surface area (Å²) in [5, 5.41) is 0.457. The number of rotatable bonds is 3. The molecule has 0 aliphatic carbocycles. The summed E-state index contributed by atoms with van der Waals surface area (Å²) in [6, 6.07) is 1.72. The van der Waals surface area contributed by atoms with Crippen LogP contribution in [0.3, 0.4) is 0 Å². The summed E-state index contributed by atoms with van der Waals surface area (Å²) in [4.78, 5) is 21.7. The number of likely N-dealkylation sites (tertiary alicyclic amines) is 1. The van der Waals surface area contributed by atoms with Crippen LogP contribution in [0.2, 0.25) is 5.15 Å². The van der Waals surface area contributed by atoms with Crippen LogP contribution in [0, 0.1) is 12.8 Å². The highest BCUT2D eigenvalue weighted by Gasteiger charge is 2.26. The molecule has 0 spiro atoms. The fraction of sp³-hybridized carbons (Fsp3) is 0.545. The van der Waals surface area contributed by atoms with Gasteiger partial charge in [-0.3, -0.25) is 9.69 Å². The third-order valence-corrected chi connectivity index (χ3v) is 3.10. The number of aromatic nitrogens is 2. The summed E-state index contributed by atoms with van der Waals surface area (Å²) in [6.07, 6.45) is 0.814. The number of hydrogen-bond donors (Lipinski definition) is 1. The lowest BCUT2D eigenvalue weighted by atomic mass is 10.1. The van der Waals surface area contributed by atoms with Crippen molar-refractivity contribution in [2.24, 2.45) is 11.7 Å². The van der Waals surface area contributed by atoms with Gasteiger partial charge in [0.2, 0.25) is 5.91 Å². The summed E-state index contributed by atoms with van der Waals surface area (Å²) in [6.45, 7) is 4.03. The van der Waals surface area contributed by atoms with E-state index < -0.39 is 0 Å². The maximum absolute atomic E-state index is 11.1. The molecule has 1 amide bonds. The minimum absolute atomic E-state index is 0.0460. The van der Waals surface area contributed by atoms with Crippen LogP contribution in [0.1, 0.15) is 17.9 Å². The van der Waals surface area contributed by atoms with Gasteiger partial charge in [0, 0.05) is 12.2 Å². The molecule has 0 aromatic carbocycles. The zero-order valence-electron chi connectivity index (χ0n) is 9.69. The van der Waals surface area contributed by atoms with Crippen LogP contribution in [-0.2, 0) is 11.3 Å². The second kappa shape index (κ2) is 4.98. The number of amides is 1. The first-order chi connectivity index (χ1) is 8.04. The Morgan fingerprint density at radius 2 is 2.41 bits per heavy atom. The van der Waals surface area contributed by atoms with Crippen LogP contribution in [-0.4, -0.2) is 33.9 Å². The second-order valence-corrected chi connectivity index (χ2v) is 4.76. The first-order valence-electron chi connectivity index (χ1n) is 5.56. The molecular weight excluding hydrogens is 240 g/mol. The van der Waals surface area contributed by atoms with E-state index in [0.29, 0.717) is 24.1 Å². The van der Waals surface area contributed by atoms with E-state index in [-0.39, 0.29) is 11.8 Å². The molecule has 1 fully saturated rings. The van der Waals surface area contributed by atoms with Gasteiger partial charge in [0.05, 0.1) is 12.5 Å². The van der Waals surface area contributed by atoms with Crippen LogP contribution >= 0.6 is 11.6 Å². The lowest BCUT2D eigenvalue weighted by molar-refractivity contribution is -0.121. The smallest absolute Gasteiger partial charge is 0.221 e. The number of carbonyl (C=O) groups excluding carboxylic acids is 1. The molecule has 0 saturated carbocycles. The SMILES string of the molecule is Cc1cc(Cl)nc(CN2CCC(C(N)=O)C2)n1. The lowest BCUT2D eigenvalue weighted by Crippen LogP contribution is -2.27. The highest BCUT2D eigenvalue weighted by molar-refractivity contribution is 6.29. The van der Waals surface area contributed by atoms with Crippen molar-refractivity contribution in [1.29, 1.82) is 0 Å². The molecular formula is C11H15ClN4O. The topological polar surface area (TPSA) is 72.1 Å². The molecule has 1 unspecified atom stereocenters. The zero-order chi connectivity index (χ0) is 12.4. The van der Waals surface area contributed by atoms with Crippen LogP contribution < -0.4 is 5.73 Å². The first kappa shape index (κ1) is 12.3. The molecule has 1 aromatic rings. The van der Waals surface area contributed by atoms with Crippen molar-refractivity contribution in [2.75, 3.05) is 13.1 Å². The van der Waals surface area contributed by atoms with Gasteiger partial charge < -0.3 is 5.73 Å². The third kappa shape index (κ3) is 3.14. The lowest BCUT2D eigenvalue weighted by Gasteiger charge is -2.14. The summed E-state index contributed by atoms with van der Waals surface area (Å²) >= 11 is 5.87. The predicted molar refractivity (Wildman–Crippen MR) is 64.4 cm³/mol. The van der Waals surface area contributed by atoms with Gasteiger partial charge >= 0.3 is 0 Å². The molecule has 1 aromatic heterocycles. The molecule has 1 aliphatic rings. The van der Waals surface area contributed by atoms with Gasteiger partial charge in [0.15, 0.2) is 0 Å². The summed E-state index contributed by atoms with van der Waals surface area (Å²) < 4.78 is 0. The Balaban J connectivity index is 2.00. The largest absolute Gasteiger partial charge is 0.369 e. The Hall–Kier alpha value is -1.20. The summed E-state index contributed by atoms with van der Waals surface area (Å²) in [5.74, 6) is 0.422. The van der Waals surface area contributed by atoms with E-state index in [1.54, 1.807) is 6.07 Å². The van der Waals surface area contributed by atoms with Crippen LogP contribution in [0.5, 0.6) is 0 Å². The van der Waals surface area contributed by atoms with Gasteiger partial charge in [-0.15, -0.1) is 0 Å². The highest BCUT2D eigenvalue weighted by atomic mass is 35.5. The van der Waals surface area contributed by atoms with Gasteiger partial charge in [-0.1, -0.05) is 11.6 Å². The minimum Gasteiger partial charge on any atom is -0.369 e. The van der Waals surface area contributed by atoms with Crippen molar-refractivity contribution in [3.8, 4) is 0 Å². The van der Waals surface area contributed by atoms with Crippen LogP contribution in [0.4, 0.5) is 0 Å². The van der Waals surface area contributed by atoms with Crippen LogP contribution in [0.15, 0.2) is 6.07 Å². The third-order valence-electron chi connectivity index (χ3n) is 2.91. The fourth-order valence-corrected chi connectivity index (χ4v) is 2.32. The normalized spacial score (nSPS) is 20.7. The quantitative estimate of drug-likeness (QED) is 0.808. The first-order valence-corrected chi connectivity index (χ1v) is 5.94. The number of carbonyl (C=O) groups is 1. The number of primary amides is 1. The average Bonchev–Trinajstić information content (AvgIpc) is 2.64. The van der Waals surface area contributed by atoms with Crippen molar-refractivity contribution in [3.63, 3.8) is 0 Å². The molecule has 1 saturated heterocycles. The van der Waals surface area contributed by atoms with E-state index in [1.807, 2.05) is 6.92 Å². The van der Waals surface area contributed by atoms with E-state index in [1.165, 1.54) is 0 Å². The van der Waals surface area contributed by atoms with E-state index in [9.17, 15) is 4.79 Å². The van der Waals surface area contributed by atoms with E-state index in [2.05, 4.69) is 14.9 Å². The molecule has 0 bridgehead atoms. The molecule has 2 rings (SSSR count). The maximum Gasteiger partial charge on any atom is 0.221 e. The predicted octanol–water partition coefficient (Wildman–Crippen LogP) is 0.746. The number of halogens is 1. The Bertz CT molecular complexity index is 417. The molecule has 5 nitrogen and oxygen atoms in total. The van der Waals surface area contributed by atoms with Gasteiger partial charge in [-0.05, 0) is 26.0 Å². The second-order valence-electron chi connectivity index (χ2n) is 4.37. The van der Waals surface area contributed by atoms with Crippen molar-refractivity contribution in [3.05, 3.63) is 22.7 Å². The Labute approximate surface area is 105 Å². The molecule has 92 valence electrons. The number of hydrogen-bond acceptors (Lipinski definition) is 4. The van der Waals surface area contributed by atoms with E-state index in [4.69, 9.17) is 17.3 Å². The number of nitrogens with two attached hydrogens (primary N) is 1. The van der Waals surface area contributed by atoms with Gasteiger partial charge in [0.25, 0.3) is 0 Å². The highest BCUT2D eigenvalue weighted by Crippen LogP contribution is 2.17. The molecule has 2 N–H and O–H groups in total. The van der Waals surface area contributed by atoms with Crippen molar-refractivity contribution >= 4 is 17.5 Å². The minimum atomic E-state index is -0.226. The van der Waals surface area contributed by atoms with Crippen molar-refractivity contribution in [2.45, 2.75) is 19.9 Å². The maximum atomic E-state index is 11.1. The fourth-order valence-electron chi connectivity index (χ4n) is 2.07. The van der Waals surface area contributed by atoms with Gasteiger partial charge in [-0.2, -0.15) is 0 Å². The van der Waals surface area contributed by atoms with Crippen molar-refractivity contribution in [1.82, 2.24) is 14.9 Å². The Morgan fingerprint density at radius 1 is 1.65 bits per heavy atom. The Kier molecular flexibility index (Phi) is 3.59. The molecule has 6 heteroatoms. The van der Waals surface area contributed by atoms with Gasteiger partial charge in [-0.25, -0.2) is 9.97 Å². The standard InChI is InChI=1S/C11H15ClN4O/c1-7-4-9(12)15-10(14-7)6-16-3-2-8(5-16)11(13)17/h4,8H,2-3,5-6H2,1H3,(H2,13,17). The number of aryl methyl sites for hydroxylation is 1. The zero-order valence-corrected chi connectivity index (χ0v) is 10.4. The molecule has 0 radical (unpaired) electrons. The summed E-state index contributed by atoms with van der Waals surface area (Å²) in [7, 11) is 0. The Morgan fingerprint density at radius 3 is 3.00 bits per heavy atom. The number of nitrogens with zero attached hydrogens (tertiary/aromatic N) is 3. The van der Waals surface area contributed by atoms with Gasteiger partial charge in [0.1, 0.15) is 11.0 Å². The molecule has 2 heterocycles.